The van der Waals surface area contributed by atoms with Crippen molar-refractivity contribution in [2.45, 2.75) is 24.8 Å². The van der Waals surface area contributed by atoms with Gasteiger partial charge in [-0.25, -0.2) is 17.2 Å². The summed E-state index contributed by atoms with van der Waals surface area (Å²) >= 11 is 0. The predicted molar refractivity (Wildman–Crippen MR) is 75.8 cm³/mol. The largest absolute Gasteiger partial charge is 0.452 e. The molecule has 10 heteroatoms. The van der Waals surface area contributed by atoms with E-state index in [1.165, 1.54) is 6.92 Å². The number of nitrogens with one attached hydrogen (secondary N) is 2. The van der Waals surface area contributed by atoms with Crippen molar-refractivity contribution >= 4 is 21.9 Å². The Morgan fingerprint density at radius 3 is 2.35 bits per heavy atom. The van der Waals surface area contributed by atoms with E-state index in [0.29, 0.717) is 6.54 Å². The van der Waals surface area contributed by atoms with Crippen molar-refractivity contribution in [3.63, 3.8) is 0 Å². The highest BCUT2D eigenvalue weighted by Gasteiger charge is 2.25. The molecule has 128 valence electrons. The number of esters is 1. The smallest absolute Gasteiger partial charge is 0.321 e. The van der Waals surface area contributed by atoms with Crippen LogP contribution in [-0.2, 0) is 24.3 Å². The second kappa shape index (κ2) is 7.97. The van der Waals surface area contributed by atoms with Gasteiger partial charge < -0.3 is 10.1 Å². The van der Waals surface area contributed by atoms with E-state index in [-0.39, 0.29) is 0 Å². The van der Waals surface area contributed by atoms with Crippen LogP contribution in [0.2, 0.25) is 0 Å². The Labute approximate surface area is 132 Å². The summed E-state index contributed by atoms with van der Waals surface area (Å²) in [6, 6.07) is 2.55. The van der Waals surface area contributed by atoms with Gasteiger partial charge in [0.1, 0.15) is 18.2 Å². The predicted octanol–water partition coefficient (Wildman–Crippen LogP) is 0.311. The molecule has 1 atom stereocenters. The third-order valence-electron chi connectivity index (χ3n) is 2.62. The average Bonchev–Trinajstić information content (AvgIpc) is 2.45. The molecule has 0 saturated carbocycles. The van der Waals surface area contributed by atoms with Crippen molar-refractivity contribution in [3.8, 4) is 0 Å². The first kappa shape index (κ1) is 19.0. The van der Waals surface area contributed by atoms with Crippen molar-refractivity contribution < 1.29 is 31.5 Å². The van der Waals surface area contributed by atoms with Crippen molar-refractivity contribution in [2.75, 3.05) is 13.1 Å². The minimum absolute atomic E-state index is 0.333. The van der Waals surface area contributed by atoms with Crippen molar-refractivity contribution in [1.82, 2.24) is 10.0 Å². The van der Waals surface area contributed by atoms with E-state index in [4.69, 9.17) is 4.74 Å². The molecule has 0 fully saturated rings. The van der Waals surface area contributed by atoms with Crippen molar-refractivity contribution in [1.29, 1.82) is 0 Å². The summed E-state index contributed by atoms with van der Waals surface area (Å²) in [7, 11) is -4.58. The summed E-state index contributed by atoms with van der Waals surface area (Å²) in [6.07, 6.45) is -1.13. The second-order valence-corrected chi connectivity index (χ2v) is 6.11. The fraction of sp³-hybridized carbons (Fsp3) is 0.385. The highest BCUT2D eigenvalue weighted by atomic mass is 32.2. The van der Waals surface area contributed by atoms with Crippen LogP contribution in [0, 0.1) is 11.6 Å². The Kier molecular flexibility index (Phi) is 6.58. The minimum atomic E-state index is -4.58. The van der Waals surface area contributed by atoms with Gasteiger partial charge in [0, 0.05) is 6.54 Å². The molecule has 0 heterocycles. The van der Waals surface area contributed by atoms with E-state index in [9.17, 15) is 26.8 Å². The number of ether oxygens (including phenoxy) is 1. The number of amides is 1. The molecule has 0 aromatic heterocycles. The fourth-order valence-corrected chi connectivity index (χ4v) is 2.68. The summed E-state index contributed by atoms with van der Waals surface area (Å²) in [5.74, 6) is -4.20. The van der Waals surface area contributed by atoms with Crippen LogP contribution in [0.4, 0.5) is 8.78 Å². The van der Waals surface area contributed by atoms with Crippen LogP contribution < -0.4 is 10.0 Å². The van der Waals surface area contributed by atoms with Crippen molar-refractivity contribution in [3.05, 3.63) is 29.8 Å². The van der Waals surface area contributed by atoms with Gasteiger partial charge in [-0.1, -0.05) is 6.07 Å². The molecule has 0 aliphatic carbocycles. The Morgan fingerprint density at radius 1 is 1.26 bits per heavy atom. The number of likely N-dealkylation sites (N-methyl/N-ethyl adjacent to an activating group) is 1. The monoisotopic (exact) mass is 350 g/mol. The maximum Gasteiger partial charge on any atom is 0.321 e. The zero-order valence-corrected chi connectivity index (χ0v) is 13.2. The Bertz CT molecular complexity index is 673. The summed E-state index contributed by atoms with van der Waals surface area (Å²) in [5, 5.41) is 2.41. The number of carbonyl (C=O) groups is 2. The van der Waals surface area contributed by atoms with E-state index in [1.807, 2.05) is 0 Å². The van der Waals surface area contributed by atoms with Crippen LogP contribution in [-0.4, -0.2) is 39.5 Å². The molecule has 23 heavy (non-hydrogen) atoms. The number of rotatable bonds is 7. The molecule has 0 aliphatic rings. The fourth-order valence-electron chi connectivity index (χ4n) is 1.58. The lowest BCUT2D eigenvalue weighted by Gasteiger charge is -2.13. The minimum Gasteiger partial charge on any atom is -0.452 e. The number of hydrogen-bond acceptors (Lipinski definition) is 5. The molecule has 1 aromatic carbocycles. The van der Waals surface area contributed by atoms with Gasteiger partial charge in [-0.3, -0.25) is 9.59 Å². The summed E-state index contributed by atoms with van der Waals surface area (Å²) in [4.78, 5) is 21.7. The standard InChI is InChI=1S/C13H16F2N2O5S/c1-3-16-13(19)8(2)22-11(18)7-17-23(20,21)12-9(14)5-4-6-10(12)15/h4-6,8,17H,3,7H2,1-2H3,(H,16,19)/t8-/m1/s1. The Morgan fingerprint density at radius 2 is 1.83 bits per heavy atom. The van der Waals surface area contributed by atoms with Gasteiger partial charge >= 0.3 is 5.97 Å². The molecule has 0 bridgehead atoms. The maximum atomic E-state index is 13.4. The first-order chi connectivity index (χ1) is 10.7. The molecule has 7 nitrogen and oxygen atoms in total. The zero-order valence-electron chi connectivity index (χ0n) is 12.4. The number of carbonyl (C=O) groups excluding carboxylic acids is 2. The quantitative estimate of drug-likeness (QED) is 0.689. The lowest BCUT2D eigenvalue weighted by Crippen LogP contribution is -2.38. The van der Waals surface area contributed by atoms with Crippen molar-refractivity contribution in [2.24, 2.45) is 0 Å². The lowest BCUT2D eigenvalue weighted by molar-refractivity contribution is -0.153. The van der Waals surface area contributed by atoms with Gasteiger partial charge in [0.25, 0.3) is 5.91 Å². The molecular formula is C13H16F2N2O5S. The number of benzene rings is 1. The van der Waals surface area contributed by atoms with E-state index < -0.39 is 51.1 Å². The topological polar surface area (TPSA) is 102 Å². The third-order valence-corrected chi connectivity index (χ3v) is 4.07. The first-order valence-electron chi connectivity index (χ1n) is 6.60. The Hall–Kier alpha value is -2.07. The molecule has 2 N–H and O–H groups in total. The highest BCUT2D eigenvalue weighted by molar-refractivity contribution is 7.89. The summed E-state index contributed by atoms with van der Waals surface area (Å²) in [5.41, 5.74) is 0. The van der Waals surface area contributed by atoms with Gasteiger partial charge in [0.15, 0.2) is 11.0 Å². The van der Waals surface area contributed by atoms with Gasteiger partial charge in [-0.2, -0.15) is 4.72 Å². The third kappa shape index (κ3) is 5.25. The van der Waals surface area contributed by atoms with Gasteiger partial charge in [0.2, 0.25) is 10.0 Å². The first-order valence-corrected chi connectivity index (χ1v) is 8.08. The second-order valence-electron chi connectivity index (χ2n) is 4.40. The van der Waals surface area contributed by atoms with Crippen LogP contribution in [0.25, 0.3) is 0 Å². The zero-order chi connectivity index (χ0) is 17.6. The van der Waals surface area contributed by atoms with Crippen LogP contribution in [0.15, 0.2) is 23.1 Å². The maximum absolute atomic E-state index is 13.4. The van der Waals surface area contributed by atoms with Crippen LogP contribution in [0.1, 0.15) is 13.8 Å². The average molecular weight is 350 g/mol. The number of hydrogen-bond donors (Lipinski definition) is 2. The summed E-state index contributed by atoms with van der Waals surface area (Å²) < 4.78 is 56.9. The van der Waals surface area contributed by atoms with Gasteiger partial charge in [-0.05, 0) is 26.0 Å². The van der Waals surface area contributed by atoms with Gasteiger partial charge in [0.05, 0.1) is 0 Å². The lowest BCUT2D eigenvalue weighted by atomic mass is 10.3. The molecule has 1 amide bonds. The normalized spacial score (nSPS) is 12.5. The van der Waals surface area contributed by atoms with Crippen LogP contribution >= 0.6 is 0 Å². The molecular weight excluding hydrogens is 334 g/mol. The molecule has 0 unspecified atom stereocenters. The number of sulfonamides is 1. The molecule has 1 rings (SSSR count). The van der Waals surface area contributed by atoms with E-state index in [0.717, 1.165) is 18.2 Å². The number of halogens is 2. The molecule has 0 spiro atoms. The molecule has 1 aromatic rings. The summed E-state index contributed by atoms with van der Waals surface area (Å²) in [6.45, 7) is 2.43. The molecule has 0 radical (unpaired) electrons. The van der Waals surface area contributed by atoms with E-state index in [2.05, 4.69) is 5.32 Å². The van der Waals surface area contributed by atoms with E-state index >= 15 is 0 Å². The van der Waals surface area contributed by atoms with Crippen LogP contribution in [0.3, 0.4) is 0 Å². The Balaban J connectivity index is 2.70. The van der Waals surface area contributed by atoms with Gasteiger partial charge in [-0.15, -0.1) is 0 Å². The highest BCUT2D eigenvalue weighted by Crippen LogP contribution is 2.17. The SMILES string of the molecule is CCNC(=O)[C@@H](C)OC(=O)CNS(=O)(=O)c1c(F)cccc1F. The molecule has 0 aliphatic heterocycles. The van der Waals surface area contributed by atoms with Crippen LogP contribution in [0.5, 0.6) is 0 Å². The molecule has 0 saturated heterocycles. The van der Waals surface area contributed by atoms with E-state index in [1.54, 1.807) is 11.6 Å².